The molecule has 2 amide bonds. The molecule has 13 heteroatoms. The maximum Gasteiger partial charge on any atom is 0.573 e. The molecule has 3 rings (SSSR count). The highest BCUT2D eigenvalue weighted by Crippen LogP contribution is 2.25. The summed E-state index contributed by atoms with van der Waals surface area (Å²) >= 11 is 13.0. The van der Waals surface area contributed by atoms with Crippen molar-refractivity contribution in [2.75, 3.05) is 6.61 Å². The molecule has 0 radical (unpaired) electrons. The van der Waals surface area contributed by atoms with Crippen molar-refractivity contribution in [1.29, 1.82) is 0 Å². The number of hydrogen-bond acceptors (Lipinski definition) is 6. The van der Waals surface area contributed by atoms with Crippen LogP contribution in [0, 0.1) is 0 Å². The van der Waals surface area contributed by atoms with Gasteiger partial charge < -0.3 is 20.1 Å². The van der Waals surface area contributed by atoms with Crippen LogP contribution in [0.5, 0.6) is 11.5 Å². The number of hydrogen-bond donors (Lipinski definition) is 2. The van der Waals surface area contributed by atoms with Crippen LogP contribution in [0.15, 0.2) is 47.8 Å². The molecule has 0 bridgehead atoms. The molecule has 1 heterocycles. The second-order valence-electron chi connectivity index (χ2n) is 6.64. The summed E-state index contributed by atoms with van der Waals surface area (Å²) in [5.74, 6) is -1.07. The van der Waals surface area contributed by atoms with Gasteiger partial charge in [-0.2, -0.15) is 0 Å². The summed E-state index contributed by atoms with van der Waals surface area (Å²) in [6.45, 7) is -0.0485. The van der Waals surface area contributed by atoms with E-state index in [9.17, 15) is 22.8 Å². The molecule has 34 heavy (non-hydrogen) atoms. The van der Waals surface area contributed by atoms with E-state index in [4.69, 9.17) is 27.9 Å². The molecular weight excluding hydrogens is 518 g/mol. The van der Waals surface area contributed by atoms with Gasteiger partial charge in [0.2, 0.25) is 0 Å². The highest BCUT2D eigenvalue weighted by atomic mass is 35.5. The van der Waals surface area contributed by atoms with Gasteiger partial charge in [-0.05, 0) is 42.0 Å². The van der Waals surface area contributed by atoms with Crippen molar-refractivity contribution in [2.24, 2.45) is 0 Å². The molecule has 0 unspecified atom stereocenters. The quantitative estimate of drug-likeness (QED) is 0.405. The van der Waals surface area contributed by atoms with Gasteiger partial charge in [0.1, 0.15) is 22.2 Å². The number of aromatic nitrogens is 1. The molecule has 180 valence electrons. The Morgan fingerprint density at radius 2 is 1.68 bits per heavy atom. The normalized spacial score (nSPS) is 11.1. The first-order chi connectivity index (χ1) is 16.1. The summed E-state index contributed by atoms with van der Waals surface area (Å²) in [6, 6.07) is 9.67. The van der Waals surface area contributed by atoms with Crippen LogP contribution in [0.25, 0.3) is 0 Å². The van der Waals surface area contributed by atoms with Crippen LogP contribution in [0.1, 0.15) is 21.1 Å². The number of halogens is 5. The van der Waals surface area contributed by atoms with E-state index in [-0.39, 0.29) is 37.0 Å². The molecule has 3 aromatic rings. The number of rotatable bonds is 9. The van der Waals surface area contributed by atoms with E-state index >= 15 is 0 Å². The summed E-state index contributed by atoms with van der Waals surface area (Å²) in [7, 11) is 0. The summed E-state index contributed by atoms with van der Waals surface area (Å²) in [4.78, 5) is 28.4. The van der Waals surface area contributed by atoms with E-state index in [1.165, 1.54) is 23.5 Å². The first-order valence-corrected chi connectivity index (χ1v) is 11.1. The van der Waals surface area contributed by atoms with E-state index in [0.717, 1.165) is 17.7 Å². The molecule has 0 aliphatic carbocycles. The van der Waals surface area contributed by atoms with Gasteiger partial charge in [0.15, 0.2) is 6.61 Å². The maximum atomic E-state index is 12.3. The van der Waals surface area contributed by atoms with Crippen LogP contribution in [-0.2, 0) is 17.9 Å². The molecule has 0 fully saturated rings. The number of amides is 2. The maximum absolute atomic E-state index is 12.3. The zero-order valence-corrected chi connectivity index (χ0v) is 19.4. The fraction of sp³-hybridized carbons (Fsp3) is 0.190. The van der Waals surface area contributed by atoms with Crippen LogP contribution in [0.2, 0.25) is 10.0 Å². The Kier molecular flexibility index (Phi) is 8.59. The van der Waals surface area contributed by atoms with Gasteiger partial charge in [-0.25, -0.2) is 4.98 Å². The van der Waals surface area contributed by atoms with Crippen molar-refractivity contribution in [2.45, 2.75) is 19.5 Å². The van der Waals surface area contributed by atoms with Gasteiger partial charge in [0.05, 0.1) is 16.6 Å². The lowest BCUT2D eigenvalue weighted by atomic mass is 10.2. The SMILES string of the molecule is O=C(COc1ccc(OC(F)(F)F)cc1)NCc1nc(C(=O)NCc2ccc(Cl)c(Cl)c2)cs1. The predicted octanol–water partition coefficient (Wildman–Crippen LogP) is 4.97. The van der Waals surface area contributed by atoms with E-state index in [2.05, 4.69) is 20.4 Å². The number of ether oxygens (including phenoxy) is 2. The smallest absolute Gasteiger partial charge is 0.484 e. The molecule has 0 atom stereocenters. The van der Waals surface area contributed by atoms with Crippen LogP contribution in [0.3, 0.4) is 0 Å². The van der Waals surface area contributed by atoms with E-state index in [1.54, 1.807) is 23.6 Å². The Hall–Kier alpha value is -3.02. The summed E-state index contributed by atoms with van der Waals surface area (Å²) < 4.78 is 45.5. The Labute approximate surface area is 205 Å². The molecule has 0 saturated carbocycles. The first-order valence-electron chi connectivity index (χ1n) is 9.51. The summed E-state index contributed by atoms with van der Waals surface area (Å²) in [5, 5.41) is 8.17. The van der Waals surface area contributed by atoms with Crippen molar-refractivity contribution >= 4 is 46.4 Å². The largest absolute Gasteiger partial charge is 0.573 e. The van der Waals surface area contributed by atoms with Crippen LogP contribution < -0.4 is 20.1 Å². The fourth-order valence-corrected chi connectivity index (χ4v) is 3.57. The number of carbonyl (C=O) groups is 2. The third-order valence-corrected chi connectivity index (χ3v) is 5.67. The third-order valence-electron chi connectivity index (χ3n) is 4.09. The molecule has 7 nitrogen and oxygen atoms in total. The first kappa shape index (κ1) is 25.6. The zero-order valence-electron chi connectivity index (χ0n) is 17.1. The zero-order chi connectivity index (χ0) is 24.7. The minimum atomic E-state index is -4.79. The number of alkyl halides is 3. The van der Waals surface area contributed by atoms with Gasteiger partial charge in [0.25, 0.3) is 11.8 Å². The molecule has 0 aliphatic heterocycles. The third kappa shape index (κ3) is 8.08. The second-order valence-corrected chi connectivity index (χ2v) is 8.40. The Balaban J connectivity index is 1.41. The van der Waals surface area contributed by atoms with E-state index < -0.39 is 18.0 Å². The van der Waals surface area contributed by atoms with E-state index in [1.807, 2.05) is 0 Å². The van der Waals surface area contributed by atoms with Crippen molar-refractivity contribution in [3.05, 3.63) is 74.2 Å². The van der Waals surface area contributed by atoms with Crippen molar-refractivity contribution < 1.29 is 32.2 Å². The molecular formula is C21H16Cl2F3N3O4S. The molecule has 2 N–H and O–H groups in total. The van der Waals surface area contributed by atoms with Gasteiger partial charge in [-0.15, -0.1) is 24.5 Å². The molecule has 0 aliphatic rings. The van der Waals surface area contributed by atoms with Crippen molar-refractivity contribution in [1.82, 2.24) is 15.6 Å². The lowest BCUT2D eigenvalue weighted by molar-refractivity contribution is -0.274. The second kappa shape index (κ2) is 11.4. The number of carbonyl (C=O) groups excluding carboxylic acids is 2. The number of thiazole rings is 1. The van der Waals surface area contributed by atoms with Gasteiger partial charge in [-0.3, -0.25) is 9.59 Å². The minimum Gasteiger partial charge on any atom is -0.484 e. The number of nitrogens with zero attached hydrogens (tertiary/aromatic N) is 1. The minimum absolute atomic E-state index is 0.0747. The molecule has 0 spiro atoms. The number of benzene rings is 2. The van der Waals surface area contributed by atoms with Gasteiger partial charge in [-0.1, -0.05) is 29.3 Å². The summed E-state index contributed by atoms with van der Waals surface area (Å²) in [5.41, 5.74) is 0.972. The number of nitrogens with one attached hydrogen (secondary N) is 2. The highest BCUT2D eigenvalue weighted by Gasteiger charge is 2.31. The van der Waals surface area contributed by atoms with Crippen molar-refractivity contribution in [3.8, 4) is 11.5 Å². The fourth-order valence-electron chi connectivity index (χ4n) is 2.53. The highest BCUT2D eigenvalue weighted by molar-refractivity contribution is 7.09. The lowest BCUT2D eigenvalue weighted by Gasteiger charge is -2.10. The Bertz CT molecular complexity index is 1160. The van der Waals surface area contributed by atoms with Crippen LogP contribution >= 0.6 is 34.5 Å². The predicted molar refractivity (Wildman–Crippen MR) is 120 cm³/mol. The van der Waals surface area contributed by atoms with E-state index in [0.29, 0.717) is 15.1 Å². The summed E-state index contributed by atoms with van der Waals surface area (Å²) in [6.07, 6.45) is -4.79. The van der Waals surface area contributed by atoms with Crippen molar-refractivity contribution in [3.63, 3.8) is 0 Å². The van der Waals surface area contributed by atoms with Crippen LogP contribution in [-0.4, -0.2) is 29.8 Å². The average molecular weight is 534 g/mol. The topological polar surface area (TPSA) is 89.6 Å². The molecule has 1 aromatic heterocycles. The molecule has 2 aromatic carbocycles. The Morgan fingerprint density at radius 1 is 0.971 bits per heavy atom. The van der Waals surface area contributed by atoms with Gasteiger partial charge >= 0.3 is 6.36 Å². The average Bonchev–Trinajstić information content (AvgIpc) is 3.26. The monoisotopic (exact) mass is 533 g/mol. The van der Waals surface area contributed by atoms with Gasteiger partial charge in [0, 0.05) is 11.9 Å². The Morgan fingerprint density at radius 3 is 2.35 bits per heavy atom. The lowest BCUT2D eigenvalue weighted by Crippen LogP contribution is -2.28. The molecule has 0 saturated heterocycles. The standard InChI is InChI=1S/C21H16Cl2F3N3O4S/c22-15-6-1-12(7-16(15)23)8-28-20(31)17-11-34-19(29-17)9-27-18(30)10-32-13-2-4-14(5-3-13)33-21(24,25)26/h1-7,11H,8-10H2,(H,27,30)(H,28,31). The van der Waals surface area contributed by atoms with Crippen LogP contribution in [0.4, 0.5) is 13.2 Å².